The molecule has 2 aromatic rings. The molecule has 0 atom stereocenters. The highest BCUT2D eigenvalue weighted by Gasteiger charge is 2.17. The molecule has 100 valence electrons. The van der Waals surface area contributed by atoms with Crippen LogP contribution >= 0.6 is 0 Å². The predicted octanol–water partition coefficient (Wildman–Crippen LogP) is 2.56. The lowest BCUT2D eigenvalue weighted by Gasteiger charge is -2.04. The van der Waals surface area contributed by atoms with Gasteiger partial charge in [-0.25, -0.2) is 4.68 Å². The van der Waals surface area contributed by atoms with Crippen molar-refractivity contribution < 1.29 is 4.92 Å². The molecule has 0 unspecified atom stereocenters. The highest BCUT2D eigenvalue weighted by Crippen LogP contribution is 2.25. The number of rotatable bonds is 4. The lowest BCUT2D eigenvalue weighted by molar-refractivity contribution is -0.384. The molecule has 0 saturated carbocycles. The number of hydrogen-bond acceptors (Lipinski definition) is 4. The molecule has 2 rings (SSSR count). The smallest absolute Gasteiger partial charge is 0.294 e. The number of hydrogen-bond donors (Lipinski definition) is 1. The predicted molar refractivity (Wildman–Crippen MR) is 73.2 cm³/mol. The Morgan fingerprint density at radius 2 is 2.11 bits per heavy atom. The van der Waals surface area contributed by atoms with Gasteiger partial charge in [-0.3, -0.25) is 10.1 Å². The van der Waals surface area contributed by atoms with Crippen molar-refractivity contribution in [3.05, 3.63) is 46.1 Å². The Bertz CT molecular complexity index is 604. The Hall–Kier alpha value is -2.37. The Labute approximate surface area is 111 Å². The lowest BCUT2D eigenvalue weighted by atomic mass is 10.1. The van der Waals surface area contributed by atoms with Gasteiger partial charge in [0.2, 0.25) is 0 Å². The molecule has 0 amide bonds. The zero-order chi connectivity index (χ0) is 14.0. The molecule has 6 heteroatoms. The van der Waals surface area contributed by atoms with Crippen LogP contribution in [0.4, 0.5) is 11.5 Å². The van der Waals surface area contributed by atoms with E-state index in [-0.39, 0.29) is 5.69 Å². The monoisotopic (exact) mass is 260 g/mol. The van der Waals surface area contributed by atoms with Crippen LogP contribution in [0.3, 0.4) is 0 Å². The van der Waals surface area contributed by atoms with Crippen LogP contribution in [0.2, 0.25) is 0 Å². The third-order valence-corrected chi connectivity index (χ3v) is 2.71. The SMILES string of the molecule is CC(C)Cc1cc(N)n(-c2ccccc2[N+](=O)[O-])n1. The minimum atomic E-state index is -0.432. The molecule has 0 spiro atoms. The maximum atomic E-state index is 11.0. The van der Waals surface area contributed by atoms with E-state index < -0.39 is 4.92 Å². The summed E-state index contributed by atoms with van der Waals surface area (Å²) in [5.74, 6) is 0.860. The molecule has 1 aromatic heterocycles. The number of para-hydroxylation sites is 2. The summed E-state index contributed by atoms with van der Waals surface area (Å²) < 4.78 is 1.43. The summed E-state index contributed by atoms with van der Waals surface area (Å²) in [6.45, 7) is 4.17. The Kier molecular flexibility index (Phi) is 3.50. The fourth-order valence-corrected chi connectivity index (χ4v) is 1.96. The van der Waals surface area contributed by atoms with Gasteiger partial charge in [0.1, 0.15) is 11.5 Å². The number of nitro groups is 1. The molecule has 0 aliphatic rings. The summed E-state index contributed by atoms with van der Waals surface area (Å²) >= 11 is 0. The van der Waals surface area contributed by atoms with Crippen molar-refractivity contribution in [2.75, 3.05) is 5.73 Å². The first kappa shape index (κ1) is 13.1. The molecule has 19 heavy (non-hydrogen) atoms. The van der Waals surface area contributed by atoms with Crippen LogP contribution in [0.25, 0.3) is 5.69 Å². The fourth-order valence-electron chi connectivity index (χ4n) is 1.96. The topological polar surface area (TPSA) is 87.0 Å². The first-order valence-corrected chi connectivity index (χ1v) is 6.07. The van der Waals surface area contributed by atoms with E-state index in [0.29, 0.717) is 17.4 Å². The average Bonchev–Trinajstić information content (AvgIpc) is 2.69. The molecule has 2 N–H and O–H groups in total. The molecule has 0 bridgehead atoms. The second-order valence-corrected chi connectivity index (χ2v) is 4.82. The third kappa shape index (κ3) is 2.73. The second-order valence-electron chi connectivity index (χ2n) is 4.82. The quantitative estimate of drug-likeness (QED) is 0.676. The van der Waals surface area contributed by atoms with E-state index in [2.05, 4.69) is 18.9 Å². The molecule has 6 nitrogen and oxygen atoms in total. The average molecular weight is 260 g/mol. The maximum absolute atomic E-state index is 11.0. The number of anilines is 1. The van der Waals surface area contributed by atoms with Crippen LogP contribution in [0, 0.1) is 16.0 Å². The van der Waals surface area contributed by atoms with Crippen LogP contribution < -0.4 is 5.73 Å². The highest BCUT2D eigenvalue weighted by molar-refractivity contribution is 5.55. The van der Waals surface area contributed by atoms with Crippen molar-refractivity contribution in [3.63, 3.8) is 0 Å². The first-order valence-electron chi connectivity index (χ1n) is 6.07. The van der Waals surface area contributed by atoms with Gasteiger partial charge in [0.15, 0.2) is 0 Å². The number of benzene rings is 1. The first-order chi connectivity index (χ1) is 8.99. The highest BCUT2D eigenvalue weighted by atomic mass is 16.6. The van der Waals surface area contributed by atoms with Crippen molar-refractivity contribution in [1.29, 1.82) is 0 Å². The normalized spacial score (nSPS) is 10.9. The molecule has 0 fully saturated rings. The second kappa shape index (κ2) is 5.09. The minimum Gasteiger partial charge on any atom is -0.384 e. The summed E-state index contributed by atoms with van der Waals surface area (Å²) in [6.07, 6.45) is 0.790. The molecule has 1 aromatic carbocycles. The molecular formula is C13H16N4O2. The summed E-state index contributed by atoms with van der Waals surface area (Å²) in [5, 5.41) is 15.4. The summed E-state index contributed by atoms with van der Waals surface area (Å²) in [5.41, 5.74) is 7.12. The molecule has 0 saturated heterocycles. The number of aromatic nitrogens is 2. The standard InChI is InChI=1S/C13H16N4O2/c1-9(2)7-10-8-13(14)16(15-10)11-5-3-4-6-12(11)17(18)19/h3-6,8-9H,7,14H2,1-2H3. The Balaban J connectivity index is 2.47. The zero-order valence-electron chi connectivity index (χ0n) is 10.9. The number of nitrogens with two attached hydrogens (primary N) is 1. The van der Waals surface area contributed by atoms with Crippen molar-refractivity contribution in [2.24, 2.45) is 5.92 Å². The van der Waals surface area contributed by atoms with Crippen molar-refractivity contribution in [3.8, 4) is 5.69 Å². The van der Waals surface area contributed by atoms with Gasteiger partial charge in [0.05, 0.1) is 10.6 Å². The molecule has 0 aliphatic carbocycles. The minimum absolute atomic E-state index is 0.00611. The maximum Gasteiger partial charge on any atom is 0.294 e. The molecule has 1 heterocycles. The van der Waals surface area contributed by atoms with E-state index in [4.69, 9.17) is 5.73 Å². The zero-order valence-corrected chi connectivity index (χ0v) is 10.9. The largest absolute Gasteiger partial charge is 0.384 e. The van der Waals surface area contributed by atoms with Crippen LogP contribution in [-0.4, -0.2) is 14.7 Å². The van der Waals surface area contributed by atoms with Crippen LogP contribution in [-0.2, 0) is 6.42 Å². The van der Waals surface area contributed by atoms with Crippen molar-refractivity contribution in [2.45, 2.75) is 20.3 Å². The third-order valence-electron chi connectivity index (χ3n) is 2.71. The van der Waals surface area contributed by atoms with Gasteiger partial charge < -0.3 is 5.73 Å². The van der Waals surface area contributed by atoms with Crippen LogP contribution in [0.15, 0.2) is 30.3 Å². The van der Waals surface area contributed by atoms with Gasteiger partial charge in [0, 0.05) is 12.1 Å². The molecule has 0 aliphatic heterocycles. The van der Waals surface area contributed by atoms with E-state index in [1.54, 1.807) is 24.3 Å². The summed E-state index contributed by atoms with van der Waals surface area (Å²) in [7, 11) is 0. The van der Waals surface area contributed by atoms with Gasteiger partial charge in [-0.2, -0.15) is 5.10 Å². The fraction of sp³-hybridized carbons (Fsp3) is 0.308. The van der Waals surface area contributed by atoms with E-state index in [9.17, 15) is 10.1 Å². The molecule has 0 radical (unpaired) electrons. The summed E-state index contributed by atoms with van der Waals surface area (Å²) in [4.78, 5) is 10.6. The van der Waals surface area contributed by atoms with Gasteiger partial charge >= 0.3 is 0 Å². The Morgan fingerprint density at radius 3 is 2.74 bits per heavy atom. The van der Waals surface area contributed by atoms with Crippen molar-refractivity contribution in [1.82, 2.24) is 9.78 Å². The lowest BCUT2D eigenvalue weighted by Crippen LogP contribution is -2.05. The van der Waals surface area contributed by atoms with E-state index >= 15 is 0 Å². The number of nitrogens with zero attached hydrogens (tertiary/aromatic N) is 3. The van der Waals surface area contributed by atoms with Crippen LogP contribution in [0.1, 0.15) is 19.5 Å². The van der Waals surface area contributed by atoms with Gasteiger partial charge in [-0.05, 0) is 18.4 Å². The van der Waals surface area contributed by atoms with E-state index in [0.717, 1.165) is 12.1 Å². The van der Waals surface area contributed by atoms with Crippen molar-refractivity contribution >= 4 is 11.5 Å². The van der Waals surface area contributed by atoms with E-state index in [1.807, 2.05) is 0 Å². The number of nitrogen functional groups attached to an aromatic ring is 1. The Morgan fingerprint density at radius 1 is 1.42 bits per heavy atom. The molecular weight excluding hydrogens is 244 g/mol. The van der Waals surface area contributed by atoms with Gasteiger partial charge in [0.25, 0.3) is 5.69 Å². The van der Waals surface area contributed by atoms with Gasteiger partial charge in [-0.1, -0.05) is 26.0 Å². The number of nitro benzene ring substituents is 1. The van der Waals surface area contributed by atoms with Crippen LogP contribution in [0.5, 0.6) is 0 Å². The van der Waals surface area contributed by atoms with E-state index in [1.165, 1.54) is 10.7 Å². The van der Waals surface area contributed by atoms with Gasteiger partial charge in [-0.15, -0.1) is 0 Å². The summed E-state index contributed by atoms with van der Waals surface area (Å²) in [6, 6.07) is 8.19.